The number of benzene rings is 2. The minimum Gasteiger partial charge on any atom is -0.319 e. The maximum atomic E-state index is 13.3. The number of nitrogens with one attached hydrogen (secondary N) is 1. The van der Waals surface area contributed by atoms with E-state index in [0.717, 1.165) is 11.0 Å². The first-order chi connectivity index (χ1) is 12.5. The van der Waals surface area contributed by atoms with Crippen molar-refractivity contribution in [1.29, 1.82) is 0 Å². The molecule has 0 unspecified atom stereocenters. The molecular formula is C20H19FN2O3. The van der Waals surface area contributed by atoms with Crippen molar-refractivity contribution >= 4 is 17.7 Å². The molecule has 1 heterocycles. The van der Waals surface area contributed by atoms with Crippen LogP contribution in [0.25, 0.3) is 0 Å². The lowest BCUT2D eigenvalue weighted by Crippen LogP contribution is -2.44. The van der Waals surface area contributed by atoms with Gasteiger partial charge in [-0.25, -0.2) is 9.18 Å². The molecule has 3 rings (SSSR count). The Hall–Kier alpha value is -3.02. The highest BCUT2D eigenvalue weighted by Gasteiger charge is 2.52. The molecule has 2 aromatic carbocycles. The predicted octanol–water partition coefficient (Wildman–Crippen LogP) is 3.26. The summed E-state index contributed by atoms with van der Waals surface area (Å²) in [4.78, 5) is 38.8. The van der Waals surface area contributed by atoms with Crippen molar-refractivity contribution in [2.75, 3.05) is 6.54 Å². The fraction of sp³-hybridized carbons (Fsp3) is 0.250. The Bertz CT molecular complexity index is 853. The van der Waals surface area contributed by atoms with Gasteiger partial charge in [-0.1, -0.05) is 55.8 Å². The molecule has 0 spiro atoms. The van der Waals surface area contributed by atoms with Crippen LogP contribution in [0, 0.1) is 5.82 Å². The van der Waals surface area contributed by atoms with Crippen LogP contribution in [0.15, 0.2) is 54.6 Å². The summed E-state index contributed by atoms with van der Waals surface area (Å²) in [6, 6.07) is 13.6. The fourth-order valence-electron chi connectivity index (χ4n) is 3.27. The average Bonchev–Trinajstić information content (AvgIpc) is 2.88. The monoisotopic (exact) mass is 354 g/mol. The van der Waals surface area contributed by atoms with Gasteiger partial charge in [-0.2, -0.15) is 0 Å². The first kappa shape index (κ1) is 17.8. The molecule has 134 valence electrons. The van der Waals surface area contributed by atoms with Crippen molar-refractivity contribution in [3.05, 3.63) is 71.5 Å². The quantitative estimate of drug-likeness (QED) is 0.640. The second-order valence-electron chi connectivity index (χ2n) is 6.28. The van der Waals surface area contributed by atoms with Gasteiger partial charge in [0.05, 0.1) is 6.54 Å². The smallest absolute Gasteiger partial charge is 0.319 e. The van der Waals surface area contributed by atoms with Crippen molar-refractivity contribution < 1.29 is 18.8 Å². The number of rotatable bonds is 6. The number of halogens is 1. The standard InChI is InChI=1S/C20H19FN2O3/c1-2-11-20(15-8-4-3-5-9-15)18(25)23(19(26)22-20)13-17(24)14-7-6-10-16(21)12-14/h3-10,12H,2,11,13H2,1H3,(H,22,26)/t20-/m1/s1. The number of carbonyl (C=O) groups is 3. The zero-order chi connectivity index (χ0) is 18.7. The van der Waals surface area contributed by atoms with Crippen LogP contribution in [-0.2, 0) is 10.3 Å². The normalized spacial score (nSPS) is 19.5. The van der Waals surface area contributed by atoms with Gasteiger partial charge in [0, 0.05) is 5.56 Å². The minimum absolute atomic E-state index is 0.123. The van der Waals surface area contributed by atoms with Crippen LogP contribution in [-0.4, -0.2) is 29.2 Å². The van der Waals surface area contributed by atoms with Gasteiger partial charge in [0.15, 0.2) is 5.78 Å². The summed E-state index contributed by atoms with van der Waals surface area (Å²) in [6.07, 6.45) is 1.10. The third-order valence-electron chi connectivity index (χ3n) is 4.52. The lowest BCUT2D eigenvalue weighted by molar-refractivity contribution is -0.131. The number of Topliss-reactive ketones (excluding diaryl/α,β-unsaturated/α-hetero) is 1. The van der Waals surface area contributed by atoms with E-state index in [1.165, 1.54) is 18.2 Å². The molecule has 1 fully saturated rings. The molecule has 0 radical (unpaired) electrons. The largest absolute Gasteiger partial charge is 0.325 e. The molecule has 1 atom stereocenters. The number of imide groups is 1. The number of carbonyl (C=O) groups excluding carboxylic acids is 3. The van der Waals surface area contributed by atoms with Crippen LogP contribution in [0.1, 0.15) is 35.7 Å². The summed E-state index contributed by atoms with van der Waals surface area (Å²) in [5, 5.41) is 2.76. The number of nitrogens with zero attached hydrogens (tertiary/aromatic N) is 1. The Labute approximate surface area is 150 Å². The molecule has 5 nitrogen and oxygen atoms in total. The Morgan fingerprint density at radius 2 is 1.85 bits per heavy atom. The Balaban J connectivity index is 1.89. The molecule has 0 aromatic heterocycles. The Morgan fingerprint density at radius 3 is 2.50 bits per heavy atom. The van der Waals surface area contributed by atoms with Crippen molar-refractivity contribution in [3.8, 4) is 0 Å². The van der Waals surface area contributed by atoms with Crippen molar-refractivity contribution in [2.24, 2.45) is 0 Å². The van der Waals surface area contributed by atoms with Crippen molar-refractivity contribution in [1.82, 2.24) is 10.2 Å². The zero-order valence-electron chi connectivity index (χ0n) is 14.4. The van der Waals surface area contributed by atoms with E-state index in [0.29, 0.717) is 18.4 Å². The van der Waals surface area contributed by atoms with E-state index in [4.69, 9.17) is 0 Å². The summed E-state index contributed by atoms with van der Waals surface area (Å²) in [6.45, 7) is 1.50. The molecule has 0 saturated carbocycles. The first-order valence-corrected chi connectivity index (χ1v) is 8.46. The highest BCUT2D eigenvalue weighted by Crippen LogP contribution is 2.33. The molecule has 26 heavy (non-hydrogen) atoms. The molecule has 3 amide bonds. The minimum atomic E-state index is -1.17. The van der Waals surface area contributed by atoms with Gasteiger partial charge in [0.25, 0.3) is 5.91 Å². The second-order valence-corrected chi connectivity index (χ2v) is 6.28. The first-order valence-electron chi connectivity index (χ1n) is 8.46. The van der Waals surface area contributed by atoms with E-state index >= 15 is 0 Å². The maximum Gasteiger partial charge on any atom is 0.325 e. The van der Waals surface area contributed by atoms with Crippen LogP contribution in [0.5, 0.6) is 0 Å². The summed E-state index contributed by atoms with van der Waals surface area (Å²) < 4.78 is 13.3. The third-order valence-corrected chi connectivity index (χ3v) is 4.52. The number of urea groups is 1. The van der Waals surface area contributed by atoms with Crippen LogP contribution in [0.4, 0.5) is 9.18 Å². The van der Waals surface area contributed by atoms with Gasteiger partial charge in [-0.15, -0.1) is 0 Å². The number of hydrogen-bond donors (Lipinski definition) is 1. The van der Waals surface area contributed by atoms with Crippen LogP contribution < -0.4 is 5.32 Å². The van der Waals surface area contributed by atoms with E-state index in [1.54, 1.807) is 24.3 Å². The Morgan fingerprint density at radius 1 is 1.12 bits per heavy atom. The highest BCUT2D eigenvalue weighted by molar-refractivity contribution is 6.11. The molecule has 1 aliphatic rings. The lowest BCUT2D eigenvalue weighted by Gasteiger charge is -2.26. The molecule has 0 aliphatic carbocycles. The third kappa shape index (κ3) is 3.10. The number of amides is 3. The van der Waals surface area contributed by atoms with Crippen LogP contribution >= 0.6 is 0 Å². The molecule has 0 bridgehead atoms. The molecule has 2 aromatic rings. The second kappa shape index (κ2) is 7.07. The lowest BCUT2D eigenvalue weighted by atomic mass is 9.85. The van der Waals surface area contributed by atoms with Gasteiger partial charge in [-0.3, -0.25) is 14.5 Å². The summed E-state index contributed by atoms with van der Waals surface area (Å²) >= 11 is 0. The predicted molar refractivity (Wildman–Crippen MR) is 94.0 cm³/mol. The van der Waals surface area contributed by atoms with Crippen molar-refractivity contribution in [3.63, 3.8) is 0 Å². The van der Waals surface area contributed by atoms with E-state index in [2.05, 4.69) is 5.32 Å². The van der Waals surface area contributed by atoms with Gasteiger partial charge in [0.2, 0.25) is 0 Å². The number of hydrogen-bond acceptors (Lipinski definition) is 3. The van der Waals surface area contributed by atoms with E-state index in [-0.39, 0.29) is 5.56 Å². The molecule has 6 heteroatoms. The number of ketones is 1. The molecule has 1 N–H and O–H groups in total. The van der Waals surface area contributed by atoms with Crippen LogP contribution in [0.3, 0.4) is 0 Å². The van der Waals surface area contributed by atoms with E-state index in [9.17, 15) is 18.8 Å². The summed E-state index contributed by atoms with van der Waals surface area (Å²) in [5.74, 6) is -1.49. The maximum absolute atomic E-state index is 13.3. The molecular weight excluding hydrogens is 335 g/mol. The van der Waals surface area contributed by atoms with Crippen LogP contribution in [0.2, 0.25) is 0 Å². The van der Waals surface area contributed by atoms with E-state index in [1.807, 2.05) is 13.0 Å². The van der Waals surface area contributed by atoms with Gasteiger partial charge < -0.3 is 5.32 Å². The fourth-order valence-corrected chi connectivity index (χ4v) is 3.27. The van der Waals surface area contributed by atoms with Gasteiger partial charge in [-0.05, 0) is 24.1 Å². The molecule has 1 saturated heterocycles. The topological polar surface area (TPSA) is 66.5 Å². The van der Waals surface area contributed by atoms with Gasteiger partial charge in [0.1, 0.15) is 11.4 Å². The highest BCUT2D eigenvalue weighted by atomic mass is 19.1. The Kier molecular flexibility index (Phi) is 4.84. The summed E-state index contributed by atoms with van der Waals surface area (Å²) in [7, 11) is 0. The SMILES string of the molecule is CCC[C@]1(c2ccccc2)NC(=O)N(CC(=O)c2cccc(F)c2)C1=O. The van der Waals surface area contributed by atoms with Gasteiger partial charge >= 0.3 is 6.03 Å². The average molecular weight is 354 g/mol. The molecule has 1 aliphatic heterocycles. The van der Waals surface area contributed by atoms with Crippen molar-refractivity contribution in [2.45, 2.75) is 25.3 Å². The van der Waals surface area contributed by atoms with E-state index < -0.39 is 35.6 Å². The zero-order valence-corrected chi connectivity index (χ0v) is 14.4. The summed E-state index contributed by atoms with van der Waals surface area (Å²) in [5.41, 5.74) is -0.366.